The maximum Gasteiger partial charge on any atom is 0.242 e. The van der Waals surface area contributed by atoms with Crippen molar-refractivity contribution in [1.29, 1.82) is 0 Å². The second-order valence-electron chi connectivity index (χ2n) is 10.7. The lowest BCUT2D eigenvalue weighted by atomic mass is 9.94. The summed E-state index contributed by atoms with van der Waals surface area (Å²) in [4.78, 5) is 30.4. The summed E-state index contributed by atoms with van der Waals surface area (Å²) in [6.45, 7) is 14.8. The number of unbranched alkanes of at least 4 members (excludes halogenated alkanes) is 1. The van der Waals surface area contributed by atoms with Gasteiger partial charge < -0.3 is 14.4 Å². The van der Waals surface area contributed by atoms with Gasteiger partial charge >= 0.3 is 0 Å². The Morgan fingerprint density at radius 2 is 1.83 bits per heavy atom. The Bertz CT molecular complexity index is 951. The van der Waals surface area contributed by atoms with E-state index in [0.717, 1.165) is 31.5 Å². The second-order valence-corrected chi connectivity index (χ2v) is 11.0. The Morgan fingerprint density at radius 3 is 2.46 bits per heavy atom. The van der Waals surface area contributed by atoms with Crippen LogP contribution < -0.4 is 0 Å². The van der Waals surface area contributed by atoms with Crippen molar-refractivity contribution in [1.82, 2.24) is 14.4 Å². The molecule has 194 valence electrons. The summed E-state index contributed by atoms with van der Waals surface area (Å²) in [7, 11) is 0. The first-order chi connectivity index (χ1) is 16.6. The topological polar surface area (TPSA) is 45.6 Å². The van der Waals surface area contributed by atoms with Crippen LogP contribution in [0.3, 0.4) is 0 Å². The van der Waals surface area contributed by atoms with Gasteiger partial charge in [0.1, 0.15) is 0 Å². The highest BCUT2D eigenvalue weighted by Crippen LogP contribution is 2.22. The van der Waals surface area contributed by atoms with Crippen molar-refractivity contribution in [3.05, 3.63) is 59.4 Å². The Kier molecular flexibility index (Phi) is 11.4. The lowest BCUT2D eigenvalue weighted by Crippen LogP contribution is -2.48. The molecular weight excluding hydrogens is 458 g/mol. The quantitative estimate of drug-likeness (QED) is 0.293. The number of rotatable bonds is 14. The number of halogens is 1. The number of aryl methyl sites for hydroxylation is 1. The third kappa shape index (κ3) is 9.03. The Balaban J connectivity index is 2.20. The monoisotopic (exact) mass is 501 g/mol. The molecule has 2 amide bonds. The van der Waals surface area contributed by atoms with Crippen molar-refractivity contribution in [3.63, 3.8) is 0 Å². The lowest BCUT2D eigenvalue weighted by Gasteiger charge is -2.33. The van der Waals surface area contributed by atoms with Gasteiger partial charge in [-0.1, -0.05) is 57.0 Å². The first-order valence-electron chi connectivity index (χ1n) is 12.9. The van der Waals surface area contributed by atoms with E-state index in [1.54, 1.807) is 4.90 Å². The molecular formula is C29H44ClN3O2. The molecule has 0 saturated heterocycles. The molecule has 5 nitrogen and oxygen atoms in total. The van der Waals surface area contributed by atoms with Crippen molar-refractivity contribution < 1.29 is 9.59 Å². The average molecular weight is 502 g/mol. The Hall–Kier alpha value is -2.27. The zero-order valence-corrected chi connectivity index (χ0v) is 23.3. The van der Waals surface area contributed by atoms with Gasteiger partial charge in [0.15, 0.2) is 0 Å². The number of carbonyl (C=O) groups excluding carboxylic acids is 2. The van der Waals surface area contributed by atoms with Crippen LogP contribution in [0.4, 0.5) is 0 Å². The molecule has 1 aromatic heterocycles. The fourth-order valence-corrected chi connectivity index (χ4v) is 4.12. The molecule has 1 aromatic carbocycles. The molecule has 2 aromatic rings. The summed E-state index contributed by atoms with van der Waals surface area (Å²) in [6.07, 6.45) is 4.86. The fraction of sp³-hybridized carbons (Fsp3) is 0.586. The minimum atomic E-state index is -0.699. The highest BCUT2D eigenvalue weighted by molar-refractivity contribution is 6.19. The number of amides is 2. The number of nitrogens with zero attached hydrogens (tertiary/aromatic N) is 3. The number of carbonyl (C=O) groups is 2. The normalized spacial score (nSPS) is 11.7. The summed E-state index contributed by atoms with van der Waals surface area (Å²) in [5, 5.41) is 0. The van der Waals surface area contributed by atoms with Gasteiger partial charge in [-0.05, 0) is 57.2 Å². The molecule has 0 spiro atoms. The largest absolute Gasteiger partial charge is 0.345 e. The first-order valence-corrected chi connectivity index (χ1v) is 13.4. The molecule has 0 aliphatic heterocycles. The van der Waals surface area contributed by atoms with Gasteiger partial charge in [-0.15, -0.1) is 11.6 Å². The predicted octanol–water partition coefficient (Wildman–Crippen LogP) is 6.11. The van der Waals surface area contributed by atoms with Gasteiger partial charge in [0.2, 0.25) is 11.8 Å². The number of benzene rings is 1. The van der Waals surface area contributed by atoms with Crippen LogP contribution in [-0.4, -0.2) is 51.7 Å². The molecule has 2 rings (SSSR count). The molecule has 0 aliphatic carbocycles. The van der Waals surface area contributed by atoms with Crippen LogP contribution in [0, 0.1) is 18.3 Å². The molecule has 0 saturated carbocycles. The van der Waals surface area contributed by atoms with Gasteiger partial charge in [0.25, 0.3) is 0 Å². The van der Waals surface area contributed by atoms with Crippen molar-refractivity contribution in [2.75, 3.05) is 25.5 Å². The second kappa shape index (κ2) is 13.7. The Morgan fingerprint density at radius 1 is 1.09 bits per heavy atom. The summed E-state index contributed by atoms with van der Waals surface area (Å²) in [5.74, 6) is 0.606. The first kappa shape index (κ1) is 29.0. The summed E-state index contributed by atoms with van der Waals surface area (Å²) >= 11 is 6.11. The summed E-state index contributed by atoms with van der Waals surface area (Å²) in [6, 6.07) is 12.6. The molecule has 0 atom stereocenters. The van der Waals surface area contributed by atoms with E-state index in [-0.39, 0.29) is 24.2 Å². The van der Waals surface area contributed by atoms with Crippen molar-refractivity contribution in [2.45, 2.75) is 73.9 Å². The highest BCUT2D eigenvalue weighted by Gasteiger charge is 2.33. The minimum Gasteiger partial charge on any atom is -0.345 e. The summed E-state index contributed by atoms with van der Waals surface area (Å²) < 4.78 is 2.21. The van der Waals surface area contributed by atoms with Crippen molar-refractivity contribution >= 4 is 23.4 Å². The molecule has 0 bridgehead atoms. The van der Waals surface area contributed by atoms with E-state index >= 15 is 0 Å². The van der Waals surface area contributed by atoms with E-state index in [4.69, 9.17) is 11.6 Å². The number of hydrogen-bond acceptors (Lipinski definition) is 2. The van der Waals surface area contributed by atoms with Crippen LogP contribution in [0.25, 0.3) is 0 Å². The predicted molar refractivity (Wildman–Crippen MR) is 146 cm³/mol. The van der Waals surface area contributed by atoms with E-state index in [1.165, 1.54) is 11.1 Å². The number of alkyl halides is 1. The molecule has 0 unspecified atom stereocenters. The van der Waals surface area contributed by atoms with Crippen LogP contribution in [0.15, 0.2) is 42.6 Å². The average Bonchev–Trinajstić information content (AvgIpc) is 3.24. The van der Waals surface area contributed by atoms with Gasteiger partial charge in [-0.25, -0.2) is 0 Å². The molecule has 35 heavy (non-hydrogen) atoms. The van der Waals surface area contributed by atoms with Crippen LogP contribution >= 0.6 is 11.6 Å². The third-order valence-corrected chi connectivity index (χ3v) is 7.02. The van der Waals surface area contributed by atoms with Crippen molar-refractivity contribution in [3.8, 4) is 0 Å². The van der Waals surface area contributed by atoms with Crippen LogP contribution in [0.2, 0.25) is 0 Å². The molecule has 0 radical (unpaired) electrons. The minimum absolute atomic E-state index is 0.00997. The maximum atomic E-state index is 13.6. The van der Waals surface area contributed by atoms with Gasteiger partial charge in [0, 0.05) is 37.4 Å². The van der Waals surface area contributed by atoms with E-state index in [1.807, 2.05) is 24.8 Å². The summed E-state index contributed by atoms with van der Waals surface area (Å²) in [5.41, 5.74) is 2.87. The number of hydrogen-bond donors (Lipinski definition) is 0. The zero-order chi connectivity index (χ0) is 26.0. The van der Waals surface area contributed by atoms with E-state index in [2.05, 4.69) is 68.8 Å². The fourth-order valence-electron chi connectivity index (χ4n) is 4.01. The maximum absolute atomic E-state index is 13.6. The van der Waals surface area contributed by atoms with E-state index in [0.29, 0.717) is 25.6 Å². The third-order valence-electron chi connectivity index (χ3n) is 6.35. The zero-order valence-electron chi connectivity index (χ0n) is 22.5. The van der Waals surface area contributed by atoms with Crippen LogP contribution in [0.5, 0.6) is 0 Å². The Labute approximate surface area is 217 Å². The molecule has 0 N–H and O–H groups in total. The van der Waals surface area contributed by atoms with Crippen molar-refractivity contribution in [2.24, 2.45) is 11.3 Å². The van der Waals surface area contributed by atoms with Crippen LogP contribution in [0.1, 0.15) is 70.7 Å². The molecule has 1 heterocycles. The van der Waals surface area contributed by atoms with E-state index < -0.39 is 5.41 Å². The van der Waals surface area contributed by atoms with Gasteiger partial charge in [-0.3, -0.25) is 9.59 Å². The van der Waals surface area contributed by atoms with E-state index in [9.17, 15) is 9.59 Å². The lowest BCUT2D eigenvalue weighted by molar-refractivity contribution is -0.145. The smallest absolute Gasteiger partial charge is 0.242 e. The van der Waals surface area contributed by atoms with Gasteiger partial charge in [0.05, 0.1) is 18.5 Å². The SMILES string of the molecule is CCCCN(Cc1cccn1Cc1cccc(C)c1)C(=O)CN(CCC(C)C)C(=O)C(C)(C)CCl. The molecule has 0 fully saturated rings. The van der Waals surface area contributed by atoms with Crippen LogP contribution in [-0.2, 0) is 22.7 Å². The highest BCUT2D eigenvalue weighted by atomic mass is 35.5. The number of aromatic nitrogens is 1. The molecule has 0 aliphatic rings. The molecule has 6 heteroatoms. The standard InChI is InChI=1S/C29H44ClN3O2/c1-7-8-15-32(20-26-13-10-16-31(26)19-25-12-9-11-24(4)18-25)27(34)21-33(17-14-23(2)3)28(35)29(5,6)22-30/h9-13,16,18,23H,7-8,14-15,17,19-22H2,1-6H3. The van der Waals surface area contributed by atoms with Gasteiger partial charge in [-0.2, -0.15) is 0 Å².